The second-order valence-corrected chi connectivity index (χ2v) is 3.27. The smallest absolute Gasteiger partial charge is 0.214 e. The van der Waals surface area contributed by atoms with E-state index in [1.54, 1.807) is 13.2 Å². The van der Waals surface area contributed by atoms with E-state index >= 15 is 0 Å². The van der Waals surface area contributed by atoms with Gasteiger partial charge in [0.25, 0.3) is 0 Å². The molecule has 1 heterocycles. The van der Waals surface area contributed by atoms with Crippen molar-refractivity contribution in [2.75, 3.05) is 25.6 Å². The van der Waals surface area contributed by atoms with Crippen molar-refractivity contribution < 1.29 is 9.47 Å². The van der Waals surface area contributed by atoms with E-state index in [1.165, 1.54) is 0 Å². The summed E-state index contributed by atoms with van der Waals surface area (Å²) in [5.74, 6) is 1.23. The molecule has 1 N–H and O–H groups in total. The highest BCUT2D eigenvalue weighted by atomic mass is 16.5. The highest BCUT2D eigenvalue weighted by Gasteiger charge is 2.06. The molecule has 0 saturated heterocycles. The van der Waals surface area contributed by atoms with Crippen LogP contribution in [0.3, 0.4) is 0 Å². The molecule has 1 aliphatic rings. The maximum atomic E-state index is 5.28. The molecule has 0 spiro atoms. The van der Waals surface area contributed by atoms with Crippen LogP contribution in [0.5, 0.6) is 0 Å². The number of ether oxygens (including phenoxy) is 2. The molecule has 0 fully saturated rings. The topological polar surface area (TPSA) is 42.9 Å². The van der Waals surface area contributed by atoms with Crippen molar-refractivity contribution in [3.05, 3.63) is 42.3 Å². The van der Waals surface area contributed by atoms with E-state index in [2.05, 4.69) is 10.3 Å². The number of nitrogens with one attached hydrogen (secondary N) is 1. The largest absolute Gasteiger partial charge is 0.482 e. The summed E-state index contributed by atoms with van der Waals surface area (Å²) in [6.07, 6.45) is 1.75. The number of benzene rings is 1. The van der Waals surface area contributed by atoms with Gasteiger partial charge in [0.2, 0.25) is 5.90 Å². The zero-order chi connectivity index (χ0) is 11.2. The van der Waals surface area contributed by atoms with Crippen molar-refractivity contribution in [2.24, 2.45) is 4.99 Å². The SMILES string of the molecule is COC(=CC1=NCCO1)Nc1ccccc1. The molecule has 0 amide bonds. The van der Waals surface area contributed by atoms with Crippen LogP contribution >= 0.6 is 0 Å². The van der Waals surface area contributed by atoms with Crippen molar-refractivity contribution in [3.8, 4) is 0 Å². The van der Waals surface area contributed by atoms with E-state index in [0.29, 0.717) is 24.9 Å². The number of para-hydroxylation sites is 1. The third-order valence-corrected chi connectivity index (χ3v) is 2.12. The first kappa shape index (κ1) is 10.5. The van der Waals surface area contributed by atoms with Crippen molar-refractivity contribution >= 4 is 11.6 Å². The van der Waals surface area contributed by atoms with Gasteiger partial charge in [0.05, 0.1) is 19.7 Å². The summed E-state index contributed by atoms with van der Waals surface area (Å²) in [6.45, 7) is 1.36. The van der Waals surface area contributed by atoms with Crippen molar-refractivity contribution in [1.29, 1.82) is 0 Å². The average Bonchev–Trinajstić information content (AvgIpc) is 2.82. The summed E-state index contributed by atoms with van der Waals surface area (Å²) >= 11 is 0. The molecule has 2 rings (SSSR count). The van der Waals surface area contributed by atoms with Gasteiger partial charge >= 0.3 is 0 Å². The molecular weight excluding hydrogens is 204 g/mol. The molecule has 0 atom stereocenters. The van der Waals surface area contributed by atoms with E-state index in [1.807, 2.05) is 30.3 Å². The van der Waals surface area contributed by atoms with Gasteiger partial charge in [-0.15, -0.1) is 0 Å². The van der Waals surface area contributed by atoms with Gasteiger partial charge in [-0.2, -0.15) is 0 Å². The average molecular weight is 218 g/mol. The van der Waals surface area contributed by atoms with Crippen LogP contribution in [0.15, 0.2) is 47.3 Å². The minimum atomic E-state index is 0.611. The highest BCUT2D eigenvalue weighted by molar-refractivity contribution is 5.89. The van der Waals surface area contributed by atoms with Crippen LogP contribution in [0.4, 0.5) is 5.69 Å². The molecule has 4 nitrogen and oxygen atoms in total. The standard InChI is InChI=1S/C12H14N2O2/c1-15-12(9-11-13-7-8-16-11)14-10-5-3-2-4-6-10/h2-6,9,14H,7-8H2,1H3. The Hall–Kier alpha value is -1.97. The Balaban J connectivity index is 2.05. The van der Waals surface area contributed by atoms with Crippen molar-refractivity contribution in [2.45, 2.75) is 0 Å². The van der Waals surface area contributed by atoms with Gasteiger partial charge < -0.3 is 14.8 Å². The van der Waals surface area contributed by atoms with Crippen LogP contribution in [-0.2, 0) is 9.47 Å². The van der Waals surface area contributed by atoms with Gasteiger partial charge in [0.15, 0.2) is 5.88 Å². The molecular formula is C12H14N2O2. The number of rotatable bonds is 4. The lowest BCUT2D eigenvalue weighted by Gasteiger charge is -2.09. The Morgan fingerprint density at radius 3 is 2.88 bits per heavy atom. The summed E-state index contributed by atoms with van der Waals surface area (Å²) in [7, 11) is 1.61. The molecule has 0 bridgehead atoms. The number of nitrogens with zero attached hydrogens (tertiary/aromatic N) is 1. The fourth-order valence-corrected chi connectivity index (χ4v) is 1.36. The quantitative estimate of drug-likeness (QED) is 0.786. The molecule has 0 radical (unpaired) electrons. The van der Waals surface area contributed by atoms with E-state index in [9.17, 15) is 0 Å². The number of methoxy groups -OCH3 is 1. The summed E-state index contributed by atoms with van der Waals surface area (Å²) in [5, 5.41) is 3.13. The first-order valence-electron chi connectivity index (χ1n) is 5.13. The lowest BCUT2D eigenvalue weighted by atomic mass is 10.3. The van der Waals surface area contributed by atoms with Gasteiger partial charge in [0, 0.05) is 5.69 Å². The molecule has 84 valence electrons. The van der Waals surface area contributed by atoms with Crippen LogP contribution < -0.4 is 5.32 Å². The molecule has 0 aromatic heterocycles. The minimum Gasteiger partial charge on any atom is -0.482 e. The van der Waals surface area contributed by atoms with Crippen LogP contribution in [0.2, 0.25) is 0 Å². The maximum Gasteiger partial charge on any atom is 0.214 e. The number of hydrogen-bond acceptors (Lipinski definition) is 4. The van der Waals surface area contributed by atoms with E-state index in [-0.39, 0.29) is 0 Å². The third kappa shape index (κ3) is 2.76. The van der Waals surface area contributed by atoms with Gasteiger partial charge in [-0.05, 0) is 12.1 Å². The number of aliphatic imine (C=N–C) groups is 1. The number of hydrogen-bond donors (Lipinski definition) is 1. The Labute approximate surface area is 94.6 Å². The molecule has 0 aliphatic carbocycles. The zero-order valence-corrected chi connectivity index (χ0v) is 9.14. The van der Waals surface area contributed by atoms with Crippen LogP contribution in [0.1, 0.15) is 0 Å². The Morgan fingerprint density at radius 2 is 2.25 bits per heavy atom. The van der Waals surface area contributed by atoms with E-state index < -0.39 is 0 Å². The first-order valence-corrected chi connectivity index (χ1v) is 5.13. The monoisotopic (exact) mass is 218 g/mol. The Bertz CT molecular complexity index is 399. The number of anilines is 1. The predicted octanol–water partition coefficient (Wildman–Crippen LogP) is 2.01. The minimum absolute atomic E-state index is 0.611. The molecule has 4 heteroatoms. The lowest BCUT2D eigenvalue weighted by Crippen LogP contribution is -2.05. The Kier molecular flexibility index (Phi) is 3.43. The second-order valence-electron chi connectivity index (χ2n) is 3.27. The van der Waals surface area contributed by atoms with Crippen molar-refractivity contribution in [1.82, 2.24) is 0 Å². The van der Waals surface area contributed by atoms with Gasteiger partial charge in [-0.3, -0.25) is 0 Å². The maximum absolute atomic E-state index is 5.28. The first-order chi connectivity index (χ1) is 7.88. The summed E-state index contributed by atoms with van der Waals surface area (Å²) in [6, 6.07) is 9.80. The summed E-state index contributed by atoms with van der Waals surface area (Å²) in [4.78, 5) is 4.16. The van der Waals surface area contributed by atoms with E-state index in [4.69, 9.17) is 9.47 Å². The van der Waals surface area contributed by atoms with Crippen LogP contribution in [0.25, 0.3) is 0 Å². The summed E-state index contributed by atoms with van der Waals surface area (Å²) < 4.78 is 10.5. The van der Waals surface area contributed by atoms with Crippen molar-refractivity contribution in [3.63, 3.8) is 0 Å². The molecule has 0 saturated carbocycles. The van der Waals surface area contributed by atoms with Crippen LogP contribution in [0, 0.1) is 0 Å². The fourth-order valence-electron chi connectivity index (χ4n) is 1.36. The highest BCUT2D eigenvalue weighted by Crippen LogP contribution is 2.10. The molecule has 0 unspecified atom stereocenters. The molecule has 1 aliphatic heterocycles. The van der Waals surface area contributed by atoms with Gasteiger partial charge in [-0.1, -0.05) is 18.2 Å². The zero-order valence-electron chi connectivity index (χ0n) is 9.14. The fraction of sp³-hybridized carbons (Fsp3) is 0.250. The lowest BCUT2D eigenvalue weighted by molar-refractivity contribution is 0.295. The van der Waals surface area contributed by atoms with Gasteiger partial charge in [0.1, 0.15) is 6.61 Å². The molecule has 1 aromatic rings. The third-order valence-electron chi connectivity index (χ3n) is 2.12. The van der Waals surface area contributed by atoms with E-state index in [0.717, 1.165) is 5.69 Å². The second kappa shape index (κ2) is 5.21. The van der Waals surface area contributed by atoms with Crippen LogP contribution in [-0.4, -0.2) is 26.2 Å². The summed E-state index contributed by atoms with van der Waals surface area (Å²) in [5.41, 5.74) is 0.967. The molecule has 16 heavy (non-hydrogen) atoms. The normalized spacial score (nSPS) is 15.3. The van der Waals surface area contributed by atoms with Gasteiger partial charge in [-0.25, -0.2) is 4.99 Å². The molecule has 1 aromatic carbocycles. The predicted molar refractivity (Wildman–Crippen MR) is 63.4 cm³/mol. The Morgan fingerprint density at radius 1 is 1.44 bits per heavy atom.